The van der Waals surface area contributed by atoms with E-state index < -0.39 is 0 Å². The number of nitrogens with one attached hydrogen (secondary N) is 1. The van der Waals surface area contributed by atoms with E-state index in [9.17, 15) is 4.79 Å². The van der Waals surface area contributed by atoms with Crippen molar-refractivity contribution in [1.82, 2.24) is 14.6 Å². The number of aromatic nitrogens is 3. The number of amides is 1. The Bertz CT molecular complexity index is 876. The summed E-state index contributed by atoms with van der Waals surface area (Å²) in [6.07, 6.45) is 2.93. The Kier molecular flexibility index (Phi) is 5.38. The van der Waals surface area contributed by atoms with Crippen LogP contribution in [0.2, 0.25) is 0 Å². The van der Waals surface area contributed by atoms with E-state index >= 15 is 0 Å². The minimum absolute atomic E-state index is 0.0339. The molecule has 0 fully saturated rings. The number of pyridine rings is 1. The Hall–Kier alpha value is -2.34. The number of carbonyl (C=O) groups is 1. The Labute approximate surface area is 151 Å². The van der Waals surface area contributed by atoms with Crippen LogP contribution in [-0.4, -0.2) is 25.8 Å². The third-order valence-corrected chi connectivity index (χ3v) is 5.35. The van der Waals surface area contributed by atoms with Crippen LogP contribution in [0.5, 0.6) is 0 Å². The second kappa shape index (κ2) is 7.70. The van der Waals surface area contributed by atoms with Crippen LogP contribution in [0.4, 0.5) is 5.69 Å². The van der Waals surface area contributed by atoms with Gasteiger partial charge in [0.25, 0.3) is 0 Å². The van der Waals surface area contributed by atoms with Crippen molar-refractivity contribution in [2.75, 3.05) is 5.32 Å². The lowest BCUT2D eigenvalue weighted by molar-refractivity contribution is -0.115. The average molecular weight is 354 g/mol. The highest BCUT2D eigenvalue weighted by Gasteiger charge is 2.19. The van der Waals surface area contributed by atoms with Crippen molar-refractivity contribution in [3.05, 3.63) is 54.2 Å². The van der Waals surface area contributed by atoms with Gasteiger partial charge in [-0.3, -0.25) is 9.20 Å². The molecule has 3 rings (SSSR count). The number of thioether (sulfide) groups is 1. The molecule has 0 saturated heterocycles. The van der Waals surface area contributed by atoms with E-state index in [4.69, 9.17) is 0 Å². The first-order valence-corrected chi connectivity index (χ1v) is 9.34. The van der Waals surface area contributed by atoms with Crippen molar-refractivity contribution in [3.63, 3.8) is 0 Å². The molecule has 2 aromatic heterocycles. The van der Waals surface area contributed by atoms with E-state index in [1.54, 1.807) is 0 Å². The molecule has 0 saturated carbocycles. The van der Waals surface area contributed by atoms with Gasteiger partial charge in [-0.05, 0) is 43.0 Å². The van der Waals surface area contributed by atoms with Gasteiger partial charge >= 0.3 is 0 Å². The molecule has 2 atom stereocenters. The first-order valence-electron chi connectivity index (χ1n) is 8.46. The zero-order chi connectivity index (χ0) is 17.8. The van der Waals surface area contributed by atoms with Gasteiger partial charge in [-0.25, -0.2) is 0 Å². The zero-order valence-electron chi connectivity index (χ0n) is 14.6. The molecule has 25 heavy (non-hydrogen) atoms. The fourth-order valence-corrected chi connectivity index (χ4v) is 3.44. The SMILES string of the molecule is CC[C@@H](C)c1ccccc1NC(=O)[C@H](C)Sc1nnc2ccccn12. The highest BCUT2D eigenvalue weighted by atomic mass is 32.2. The lowest BCUT2D eigenvalue weighted by Crippen LogP contribution is -2.23. The van der Waals surface area contributed by atoms with E-state index in [1.807, 2.05) is 53.9 Å². The number of para-hydroxylation sites is 1. The molecule has 2 heterocycles. The fraction of sp³-hybridized carbons (Fsp3) is 0.316. The lowest BCUT2D eigenvalue weighted by atomic mass is 9.97. The standard InChI is InChI=1S/C19H22N4OS/c1-4-13(2)15-9-5-6-10-16(15)20-18(24)14(3)25-19-22-21-17-11-7-8-12-23(17)19/h5-14H,4H2,1-3H3,(H,20,24)/t13-,14+/m1/s1. The number of benzene rings is 1. The molecule has 6 heteroatoms. The molecular weight excluding hydrogens is 332 g/mol. The Morgan fingerprint density at radius 3 is 2.72 bits per heavy atom. The second-order valence-corrected chi connectivity index (χ2v) is 7.37. The molecular formula is C19H22N4OS. The van der Waals surface area contributed by atoms with E-state index in [0.717, 1.165) is 17.8 Å². The monoisotopic (exact) mass is 354 g/mol. The van der Waals surface area contributed by atoms with Gasteiger partial charge in [-0.15, -0.1) is 10.2 Å². The van der Waals surface area contributed by atoms with Gasteiger partial charge < -0.3 is 5.32 Å². The highest BCUT2D eigenvalue weighted by Crippen LogP contribution is 2.28. The number of carbonyl (C=O) groups excluding carboxylic acids is 1. The number of rotatable bonds is 6. The summed E-state index contributed by atoms with van der Waals surface area (Å²) in [5, 5.41) is 11.8. The van der Waals surface area contributed by atoms with Crippen LogP contribution in [-0.2, 0) is 4.79 Å². The number of hydrogen-bond acceptors (Lipinski definition) is 4. The third-order valence-electron chi connectivity index (χ3n) is 4.30. The van der Waals surface area contributed by atoms with Gasteiger partial charge in [0.2, 0.25) is 5.91 Å². The normalized spacial score (nSPS) is 13.6. The Morgan fingerprint density at radius 2 is 1.92 bits per heavy atom. The number of hydrogen-bond donors (Lipinski definition) is 1. The van der Waals surface area contributed by atoms with Crippen LogP contribution in [0.25, 0.3) is 5.65 Å². The number of fused-ring (bicyclic) bond motifs is 1. The largest absolute Gasteiger partial charge is 0.325 e. The lowest BCUT2D eigenvalue weighted by Gasteiger charge is -2.17. The molecule has 0 radical (unpaired) electrons. The van der Waals surface area contributed by atoms with Crippen LogP contribution < -0.4 is 5.32 Å². The molecule has 0 bridgehead atoms. The zero-order valence-corrected chi connectivity index (χ0v) is 15.5. The summed E-state index contributed by atoms with van der Waals surface area (Å²) in [6, 6.07) is 13.7. The van der Waals surface area contributed by atoms with E-state index in [0.29, 0.717) is 11.1 Å². The van der Waals surface area contributed by atoms with Crippen molar-refractivity contribution in [3.8, 4) is 0 Å². The Balaban J connectivity index is 1.73. The second-order valence-electron chi connectivity index (χ2n) is 6.06. The quantitative estimate of drug-likeness (QED) is 0.668. The maximum atomic E-state index is 12.6. The topological polar surface area (TPSA) is 59.3 Å². The van der Waals surface area contributed by atoms with Gasteiger partial charge in [0.15, 0.2) is 10.8 Å². The number of anilines is 1. The summed E-state index contributed by atoms with van der Waals surface area (Å²) in [5.74, 6) is 0.369. The van der Waals surface area contributed by atoms with Crippen LogP contribution in [0.1, 0.15) is 38.7 Å². The van der Waals surface area contributed by atoms with Gasteiger partial charge in [-0.2, -0.15) is 0 Å². The summed E-state index contributed by atoms with van der Waals surface area (Å²) >= 11 is 1.40. The first kappa shape index (κ1) is 17.5. The molecule has 0 spiro atoms. The maximum absolute atomic E-state index is 12.6. The summed E-state index contributed by atoms with van der Waals surface area (Å²) in [5.41, 5.74) is 2.84. The van der Waals surface area contributed by atoms with Crippen molar-refractivity contribution < 1.29 is 4.79 Å². The van der Waals surface area contributed by atoms with Crippen LogP contribution >= 0.6 is 11.8 Å². The summed E-state index contributed by atoms with van der Waals surface area (Å²) in [6.45, 7) is 6.21. The highest BCUT2D eigenvalue weighted by molar-refractivity contribution is 8.00. The predicted molar refractivity (Wildman–Crippen MR) is 102 cm³/mol. The van der Waals surface area contributed by atoms with Gasteiger partial charge in [-0.1, -0.05) is 49.9 Å². The molecule has 1 aromatic carbocycles. The average Bonchev–Trinajstić information content (AvgIpc) is 3.04. The van der Waals surface area contributed by atoms with Crippen molar-refractivity contribution >= 4 is 29.0 Å². The van der Waals surface area contributed by atoms with Crippen LogP contribution in [0, 0.1) is 0 Å². The van der Waals surface area contributed by atoms with Crippen molar-refractivity contribution in [2.24, 2.45) is 0 Å². The maximum Gasteiger partial charge on any atom is 0.237 e. The van der Waals surface area contributed by atoms with Crippen LogP contribution in [0.3, 0.4) is 0 Å². The molecule has 5 nitrogen and oxygen atoms in total. The van der Waals surface area contributed by atoms with E-state index in [-0.39, 0.29) is 11.2 Å². The van der Waals surface area contributed by atoms with Crippen molar-refractivity contribution in [2.45, 2.75) is 43.5 Å². The summed E-state index contributed by atoms with van der Waals surface area (Å²) in [4.78, 5) is 12.6. The predicted octanol–water partition coefficient (Wildman–Crippen LogP) is 4.36. The Morgan fingerprint density at radius 1 is 1.16 bits per heavy atom. The first-order chi connectivity index (χ1) is 12.1. The molecule has 0 aliphatic rings. The molecule has 0 aliphatic carbocycles. The van der Waals surface area contributed by atoms with E-state index in [2.05, 4.69) is 35.4 Å². The number of nitrogens with zero attached hydrogens (tertiary/aromatic N) is 3. The molecule has 0 aliphatic heterocycles. The smallest absolute Gasteiger partial charge is 0.237 e. The van der Waals surface area contributed by atoms with Gasteiger partial charge in [0.05, 0.1) is 5.25 Å². The van der Waals surface area contributed by atoms with Crippen molar-refractivity contribution in [1.29, 1.82) is 0 Å². The molecule has 1 N–H and O–H groups in total. The molecule has 0 unspecified atom stereocenters. The minimum atomic E-state index is -0.280. The van der Waals surface area contributed by atoms with E-state index in [1.165, 1.54) is 17.3 Å². The van der Waals surface area contributed by atoms with Gasteiger partial charge in [0.1, 0.15) is 0 Å². The third kappa shape index (κ3) is 3.85. The molecule has 1 amide bonds. The molecule has 130 valence electrons. The van der Waals surface area contributed by atoms with Crippen LogP contribution in [0.15, 0.2) is 53.8 Å². The minimum Gasteiger partial charge on any atom is -0.325 e. The summed E-state index contributed by atoms with van der Waals surface area (Å²) in [7, 11) is 0. The summed E-state index contributed by atoms with van der Waals surface area (Å²) < 4.78 is 1.89. The van der Waals surface area contributed by atoms with Gasteiger partial charge in [0, 0.05) is 11.9 Å². The fourth-order valence-electron chi connectivity index (χ4n) is 2.61. The molecule has 3 aromatic rings.